The van der Waals surface area contributed by atoms with Gasteiger partial charge in [-0.2, -0.15) is 26.3 Å². The zero-order valence-electron chi connectivity index (χ0n) is 14.5. The Kier molecular flexibility index (Phi) is 5.28. The maximum Gasteiger partial charge on any atom is 0.418 e. The Labute approximate surface area is 154 Å². The average Bonchev–Trinajstić information content (AvgIpc) is 2.50. The fourth-order valence-corrected chi connectivity index (χ4v) is 2.24. The number of benzene rings is 1. The van der Waals surface area contributed by atoms with Gasteiger partial charge in [-0.25, -0.2) is 9.59 Å². The van der Waals surface area contributed by atoms with Crippen LogP contribution in [0.2, 0.25) is 0 Å². The van der Waals surface area contributed by atoms with Crippen molar-refractivity contribution in [2.75, 3.05) is 12.4 Å². The summed E-state index contributed by atoms with van der Waals surface area (Å²) in [6, 6.07) is 0.223. The SMILES string of the molecule is COc1cc(C(F)(F)F)cc(C(F)(F)F)c1NC=C1C(=O)OC(C)(C)OC1=O. The molecule has 0 radical (unpaired) electrons. The smallest absolute Gasteiger partial charge is 0.418 e. The normalized spacial score (nSPS) is 17.0. The van der Waals surface area contributed by atoms with Crippen molar-refractivity contribution in [1.82, 2.24) is 0 Å². The molecule has 1 N–H and O–H groups in total. The van der Waals surface area contributed by atoms with Crippen molar-refractivity contribution in [3.63, 3.8) is 0 Å². The molecule has 0 atom stereocenters. The molecule has 0 spiro atoms. The Hall–Kier alpha value is -2.92. The number of ether oxygens (including phenoxy) is 3. The van der Waals surface area contributed by atoms with Gasteiger partial charge in [0.2, 0.25) is 0 Å². The monoisotopic (exact) mass is 413 g/mol. The Balaban J connectivity index is 2.53. The van der Waals surface area contributed by atoms with Crippen LogP contribution in [0.25, 0.3) is 0 Å². The van der Waals surface area contributed by atoms with Crippen LogP contribution in [0.15, 0.2) is 23.9 Å². The number of hydrogen-bond donors (Lipinski definition) is 1. The topological polar surface area (TPSA) is 73.9 Å². The van der Waals surface area contributed by atoms with Crippen molar-refractivity contribution in [3.8, 4) is 5.75 Å². The Bertz CT molecular complexity index is 819. The van der Waals surface area contributed by atoms with Crippen LogP contribution < -0.4 is 10.1 Å². The van der Waals surface area contributed by atoms with Crippen LogP contribution in [0.4, 0.5) is 32.0 Å². The summed E-state index contributed by atoms with van der Waals surface area (Å²) < 4.78 is 92.7. The number of carbonyl (C=O) groups is 2. The number of carbonyl (C=O) groups excluding carboxylic acids is 2. The van der Waals surface area contributed by atoms with E-state index in [2.05, 4.69) is 4.74 Å². The van der Waals surface area contributed by atoms with Crippen LogP contribution in [-0.4, -0.2) is 24.8 Å². The summed E-state index contributed by atoms with van der Waals surface area (Å²) in [6.45, 7) is 2.52. The molecule has 1 aromatic rings. The van der Waals surface area contributed by atoms with Gasteiger partial charge in [0.05, 0.1) is 23.9 Å². The first-order valence-corrected chi connectivity index (χ1v) is 7.45. The zero-order valence-corrected chi connectivity index (χ0v) is 14.5. The first kappa shape index (κ1) is 21.4. The van der Waals surface area contributed by atoms with Crippen LogP contribution in [0, 0.1) is 0 Å². The van der Waals surface area contributed by atoms with Crippen LogP contribution >= 0.6 is 0 Å². The molecule has 6 nitrogen and oxygen atoms in total. The van der Waals surface area contributed by atoms with Crippen molar-refractivity contribution in [3.05, 3.63) is 35.0 Å². The number of alkyl halides is 6. The summed E-state index contributed by atoms with van der Waals surface area (Å²) in [4.78, 5) is 23.7. The summed E-state index contributed by atoms with van der Waals surface area (Å²) in [5.74, 6) is -4.76. The standard InChI is InChI=1S/C16H13F6NO5/c1-14(2)27-12(24)8(13(25)28-14)6-23-11-9(16(20,21)22)4-7(15(17,18)19)5-10(11)26-3/h4-6,23H,1-3H3. The van der Waals surface area contributed by atoms with E-state index in [0.717, 1.165) is 7.11 Å². The summed E-state index contributed by atoms with van der Waals surface area (Å²) in [5.41, 5.74) is -5.02. The predicted octanol–water partition coefficient (Wildman–Crippen LogP) is 3.86. The van der Waals surface area contributed by atoms with Gasteiger partial charge < -0.3 is 19.5 Å². The zero-order chi connectivity index (χ0) is 21.5. The van der Waals surface area contributed by atoms with Gasteiger partial charge in [0.1, 0.15) is 5.75 Å². The Morgan fingerprint density at radius 1 is 1.00 bits per heavy atom. The summed E-state index contributed by atoms with van der Waals surface area (Å²) in [7, 11) is 0.861. The van der Waals surface area contributed by atoms with Crippen molar-refractivity contribution < 1.29 is 50.1 Å². The highest BCUT2D eigenvalue weighted by Gasteiger charge is 2.41. The number of rotatable bonds is 3. The average molecular weight is 413 g/mol. The van der Waals surface area contributed by atoms with Gasteiger partial charge in [-0.15, -0.1) is 0 Å². The number of methoxy groups -OCH3 is 1. The van der Waals surface area contributed by atoms with E-state index in [4.69, 9.17) is 9.47 Å². The van der Waals surface area contributed by atoms with Gasteiger partial charge in [0.15, 0.2) is 5.57 Å². The van der Waals surface area contributed by atoms with Crippen molar-refractivity contribution in [2.24, 2.45) is 0 Å². The fourth-order valence-electron chi connectivity index (χ4n) is 2.24. The molecule has 12 heteroatoms. The highest BCUT2D eigenvalue weighted by Crippen LogP contribution is 2.44. The lowest BCUT2D eigenvalue weighted by Crippen LogP contribution is -2.42. The van der Waals surface area contributed by atoms with Crippen molar-refractivity contribution in [1.29, 1.82) is 0 Å². The van der Waals surface area contributed by atoms with Crippen molar-refractivity contribution in [2.45, 2.75) is 32.0 Å². The molecule has 0 unspecified atom stereocenters. The van der Waals surface area contributed by atoms with Gasteiger partial charge in [0.25, 0.3) is 5.79 Å². The molecule has 1 heterocycles. The summed E-state index contributed by atoms with van der Waals surface area (Å²) in [6.07, 6.45) is -9.72. The van der Waals surface area contributed by atoms with E-state index in [9.17, 15) is 35.9 Å². The molecule has 0 aromatic heterocycles. The fraction of sp³-hybridized carbons (Fsp3) is 0.375. The molecule has 28 heavy (non-hydrogen) atoms. The molecule has 1 saturated heterocycles. The second-order valence-electron chi connectivity index (χ2n) is 5.98. The lowest BCUT2D eigenvalue weighted by molar-refractivity contribution is -0.222. The van der Waals surface area contributed by atoms with E-state index in [1.54, 1.807) is 0 Å². The van der Waals surface area contributed by atoms with E-state index >= 15 is 0 Å². The van der Waals surface area contributed by atoms with Gasteiger partial charge in [-0.05, 0) is 12.1 Å². The van der Waals surface area contributed by atoms with E-state index in [-0.39, 0.29) is 6.07 Å². The molecule has 2 rings (SSSR count). The van der Waals surface area contributed by atoms with E-state index in [1.807, 2.05) is 5.32 Å². The van der Waals surface area contributed by atoms with Crippen LogP contribution in [0.5, 0.6) is 5.75 Å². The number of esters is 2. The lowest BCUT2D eigenvalue weighted by atomic mass is 10.1. The summed E-state index contributed by atoms with van der Waals surface area (Å²) in [5, 5.41) is 2.00. The third-order valence-electron chi connectivity index (χ3n) is 3.43. The maximum atomic E-state index is 13.3. The second-order valence-corrected chi connectivity index (χ2v) is 5.98. The molecule has 1 fully saturated rings. The predicted molar refractivity (Wildman–Crippen MR) is 81.0 cm³/mol. The van der Waals surface area contributed by atoms with Crippen LogP contribution in [-0.2, 0) is 31.4 Å². The van der Waals surface area contributed by atoms with Crippen LogP contribution in [0.3, 0.4) is 0 Å². The lowest BCUT2D eigenvalue weighted by Gasteiger charge is -2.29. The van der Waals surface area contributed by atoms with Gasteiger partial charge in [0, 0.05) is 20.0 Å². The molecular weight excluding hydrogens is 400 g/mol. The number of cyclic esters (lactones) is 2. The highest BCUT2D eigenvalue weighted by atomic mass is 19.4. The van der Waals surface area contributed by atoms with Crippen LogP contribution in [0.1, 0.15) is 25.0 Å². The minimum absolute atomic E-state index is 0.121. The molecule has 1 aliphatic rings. The number of anilines is 1. The summed E-state index contributed by atoms with van der Waals surface area (Å²) >= 11 is 0. The first-order chi connectivity index (χ1) is 12.7. The molecule has 1 aromatic carbocycles. The minimum atomic E-state index is -5.20. The second kappa shape index (κ2) is 6.91. The Morgan fingerprint density at radius 3 is 1.96 bits per heavy atom. The van der Waals surface area contributed by atoms with E-state index < -0.39 is 58.2 Å². The quantitative estimate of drug-likeness (QED) is 0.351. The van der Waals surface area contributed by atoms with Gasteiger partial charge in [-0.3, -0.25) is 0 Å². The molecule has 0 bridgehead atoms. The van der Waals surface area contributed by atoms with Crippen molar-refractivity contribution >= 4 is 17.6 Å². The molecule has 0 aliphatic carbocycles. The maximum absolute atomic E-state index is 13.3. The molecule has 1 aliphatic heterocycles. The van der Waals surface area contributed by atoms with E-state index in [1.165, 1.54) is 13.8 Å². The minimum Gasteiger partial charge on any atom is -0.495 e. The Morgan fingerprint density at radius 2 is 1.54 bits per heavy atom. The molecular formula is C16H13F6NO5. The number of nitrogens with one attached hydrogen (secondary N) is 1. The van der Waals surface area contributed by atoms with Gasteiger partial charge in [-0.1, -0.05) is 0 Å². The number of halogens is 6. The highest BCUT2D eigenvalue weighted by molar-refractivity contribution is 6.15. The van der Waals surface area contributed by atoms with Gasteiger partial charge >= 0.3 is 24.3 Å². The van der Waals surface area contributed by atoms with E-state index in [0.29, 0.717) is 12.3 Å². The largest absolute Gasteiger partial charge is 0.495 e. The third-order valence-corrected chi connectivity index (χ3v) is 3.43. The first-order valence-electron chi connectivity index (χ1n) is 7.45. The number of hydrogen-bond acceptors (Lipinski definition) is 6. The molecule has 154 valence electrons. The third kappa shape index (κ3) is 4.49. The molecule has 0 amide bonds. The molecule has 0 saturated carbocycles.